The second-order valence-electron chi connectivity index (χ2n) is 7.40. The van der Waals surface area contributed by atoms with Crippen LogP contribution in [-0.2, 0) is 10.2 Å². The highest BCUT2D eigenvalue weighted by molar-refractivity contribution is 5.88. The lowest BCUT2D eigenvalue weighted by Gasteiger charge is -2.39. The smallest absolute Gasteiger partial charge is 0.233 e. The number of carbonyl (C=O) groups excluding carboxylic acids is 1. The summed E-state index contributed by atoms with van der Waals surface area (Å²) in [5, 5.41) is 19.0. The number of hydrogen-bond donors (Lipinski definition) is 2. The average molecular weight is 347 g/mol. The predicted octanol–water partition coefficient (Wildman–Crippen LogP) is 2.10. The minimum Gasteiger partial charge on any atom is -0.497 e. The van der Waals surface area contributed by atoms with Crippen molar-refractivity contribution < 1.29 is 19.7 Å². The molecule has 2 aliphatic rings. The van der Waals surface area contributed by atoms with Gasteiger partial charge in [-0.1, -0.05) is 25.0 Å². The van der Waals surface area contributed by atoms with Crippen molar-refractivity contribution in [3.63, 3.8) is 0 Å². The van der Waals surface area contributed by atoms with Gasteiger partial charge in [0.25, 0.3) is 0 Å². The van der Waals surface area contributed by atoms with E-state index in [0.29, 0.717) is 13.1 Å². The van der Waals surface area contributed by atoms with Gasteiger partial charge in [0, 0.05) is 13.1 Å². The zero-order valence-electron chi connectivity index (χ0n) is 15.0. The number of benzene rings is 1. The summed E-state index contributed by atoms with van der Waals surface area (Å²) in [5.41, 5.74) is 0.683. The molecule has 1 aliphatic heterocycles. The summed E-state index contributed by atoms with van der Waals surface area (Å²) >= 11 is 0. The molecule has 1 aliphatic carbocycles. The van der Waals surface area contributed by atoms with Crippen molar-refractivity contribution in [3.8, 4) is 5.75 Å². The van der Waals surface area contributed by atoms with E-state index in [1.165, 1.54) is 0 Å². The molecule has 0 aromatic heterocycles. The molecule has 5 heteroatoms. The number of aliphatic hydroxyl groups excluding tert-OH is 2. The molecular weight excluding hydrogens is 318 g/mol. The Labute approximate surface area is 149 Å². The molecule has 1 saturated heterocycles. The number of ether oxygens (including phenoxy) is 1. The molecule has 1 heterocycles. The zero-order chi connectivity index (χ0) is 17.9. The summed E-state index contributed by atoms with van der Waals surface area (Å²) in [6.07, 6.45) is 4.81. The van der Waals surface area contributed by atoms with Gasteiger partial charge < -0.3 is 19.8 Å². The molecule has 1 aromatic rings. The number of rotatable bonds is 5. The third kappa shape index (κ3) is 3.53. The maximum Gasteiger partial charge on any atom is 0.233 e. The Morgan fingerprint density at radius 3 is 2.36 bits per heavy atom. The Kier molecular flexibility index (Phi) is 5.64. The van der Waals surface area contributed by atoms with Gasteiger partial charge in [-0.2, -0.15) is 0 Å². The van der Waals surface area contributed by atoms with Crippen LogP contribution >= 0.6 is 0 Å². The molecular formula is C20H29NO4. The van der Waals surface area contributed by atoms with Crippen LogP contribution in [0.15, 0.2) is 24.3 Å². The van der Waals surface area contributed by atoms with Gasteiger partial charge in [0.15, 0.2) is 0 Å². The Hall–Kier alpha value is -1.59. The lowest BCUT2D eigenvalue weighted by molar-refractivity contribution is -0.139. The maximum atomic E-state index is 13.4. The summed E-state index contributed by atoms with van der Waals surface area (Å²) in [6, 6.07) is 7.94. The first-order valence-electron chi connectivity index (χ1n) is 9.33. The molecule has 0 bridgehead atoms. The zero-order valence-corrected chi connectivity index (χ0v) is 15.0. The van der Waals surface area contributed by atoms with Gasteiger partial charge in [0.2, 0.25) is 5.91 Å². The third-order valence-corrected chi connectivity index (χ3v) is 6.07. The highest BCUT2D eigenvalue weighted by atomic mass is 16.5. The van der Waals surface area contributed by atoms with Crippen LogP contribution in [-0.4, -0.2) is 53.9 Å². The molecule has 1 aromatic carbocycles. The lowest BCUT2D eigenvalue weighted by Crippen LogP contribution is -2.49. The SMILES string of the molecule is COc1ccc(C2(C(=O)N3CCC(C(O)CO)CC3)CCCC2)cc1. The topological polar surface area (TPSA) is 70.0 Å². The molecule has 138 valence electrons. The molecule has 0 radical (unpaired) electrons. The average Bonchev–Trinajstić information content (AvgIpc) is 3.18. The van der Waals surface area contributed by atoms with Crippen molar-refractivity contribution in [2.24, 2.45) is 5.92 Å². The van der Waals surface area contributed by atoms with Gasteiger partial charge in [0.1, 0.15) is 5.75 Å². The highest BCUT2D eigenvalue weighted by Gasteiger charge is 2.45. The van der Waals surface area contributed by atoms with Crippen molar-refractivity contribution in [1.82, 2.24) is 4.90 Å². The van der Waals surface area contributed by atoms with Crippen LogP contribution in [0.3, 0.4) is 0 Å². The molecule has 1 atom stereocenters. The minimum atomic E-state index is -0.667. The van der Waals surface area contributed by atoms with Gasteiger partial charge >= 0.3 is 0 Å². The molecule has 1 saturated carbocycles. The standard InChI is InChI=1S/C20H29NO4/c1-25-17-6-4-16(5-7-17)20(10-2-3-11-20)19(24)21-12-8-15(9-13-21)18(23)14-22/h4-7,15,18,22-23H,2-3,8-14H2,1H3. The normalized spacial score (nSPS) is 22.0. The molecule has 5 nitrogen and oxygen atoms in total. The molecule has 2 N–H and O–H groups in total. The van der Waals surface area contributed by atoms with E-state index in [9.17, 15) is 9.90 Å². The summed E-state index contributed by atoms with van der Waals surface area (Å²) in [4.78, 5) is 15.4. The molecule has 2 fully saturated rings. The second kappa shape index (κ2) is 7.75. The number of hydrogen-bond acceptors (Lipinski definition) is 4. The number of nitrogens with zero attached hydrogens (tertiary/aromatic N) is 1. The second-order valence-corrected chi connectivity index (χ2v) is 7.40. The first kappa shape index (κ1) is 18.2. The van der Waals surface area contributed by atoms with Crippen molar-refractivity contribution in [2.45, 2.75) is 50.0 Å². The quantitative estimate of drug-likeness (QED) is 0.856. The summed E-state index contributed by atoms with van der Waals surface area (Å²) < 4.78 is 5.25. The molecule has 1 unspecified atom stereocenters. The first-order valence-corrected chi connectivity index (χ1v) is 9.33. The van der Waals surface area contributed by atoms with E-state index in [0.717, 1.165) is 49.8 Å². The minimum absolute atomic E-state index is 0.0922. The lowest BCUT2D eigenvalue weighted by atomic mass is 9.76. The molecule has 1 amide bonds. The van der Waals surface area contributed by atoms with E-state index in [4.69, 9.17) is 9.84 Å². The fourth-order valence-electron chi connectivity index (χ4n) is 4.45. The number of amides is 1. The van der Waals surface area contributed by atoms with Crippen LogP contribution in [0, 0.1) is 5.92 Å². The maximum absolute atomic E-state index is 13.4. The van der Waals surface area contributed by atoms with E-state index in [-0.39, 0.29) is 18.4 Å². The van der Waals surface area contributed by atoms with Gasteiger partial charge in [-0.3, -0.25) is 4.79 Å². The van der Waals surface area contributed by atoms with E-state index >= 15 is 0 Å². The number of aliphatic hydroxyl groups is 2. The number of carbonyl (C=O) groups is 1. The largest absolute Gasteiger partial charge is 0.497 e. The Morgan fingerprint density at radius 1 is 1.24 bits per heavy atom. The summed E-state index contributed by atoms with van der Waals surface area (Å²) in [6.45, 7) is 1.13. The number of methoxy groups -OCH3 is 1. The van der Waals surface area contributed by atoms with Gasteiger partial charge in [-0.25, -0.2) is 0 Å². The van der Waals surface area contributed by atoms with Crippen LogP contribution in [0.1, 0.15) is 44.1 Å². The van der Waals surface area contributed by atoms with Crippen LogP contribution in [0.5, 0.6) is 5.75 Å². The molecule has 3 rings (SSSR count). The predicted molar refractivity (Wildman–Crippen MR) is 95.5 cm³/mol. The van der Waals surface area contributed by atoms with Crippen molar-refractivity contribution in [1.29, 1.82) is 0 Å². The van der Waals surface area contributed by atoms with Crippen LogP contribution in [0.2, 0.25) is 0 Å². The third-order valence-electron chi connectivity index (χ3n) is 6.07. The van der Waals surface area contributed by atoms with E-state index < -0.39 is 11.5 Å². The van der Waals surface area contributed by atoms with E-state index in [1.807, 2.05) is 29.2 Å². The van der Waals surface area contributed by atoms with Crippen LogP contribution in [0.25, 0.3) is 0 Å². The van der Waals surface area contributed by atoms with Crippen molar-refractivity contribution in [3.05, 3.63) is 29.8 Å². The Balaban J connectivity index is 1.75. The Morgan fingerprint density at radius 2 is 1.84 bits per heavy atom. The molecule has 0 spiro atoms. The van der Waals surface area contributed by atoms with Gasteiger partial charge in [-0.05, 0) is 49.3 Å². The Bertz CT molecular complexity index is 572. The fourth-order valence-corrected chi connectivity index (χ4v) is 4.45. The van der Waals surface area contributed by atoms with Crippen molar-refractivity contribution >= 4 is 5.91 Å². The number of piperidine rings is 1. The van der Waals surface area contributed by atoms with Crippen LogP contribution in [0.4, 0.5) is 0 Å². The van der Waals surface area contributed by atoms with E-state index in [1.54, 1.807) is 7.11 Å². The van der Waals surface area contributed by atoms with Crippen LogP contribution < -0.4 is 4.74 Å². The van der Waals surface area contributed by atoms with Gasteiger partial charge in [0.05, 0.1) is 25.2 Å². The first-order chi connectivity index (χ1) is 12.1. The summed E-state index contributed by atoms with van der Waals surface area (Å²) in [5.74, 6) is 1.13. The fraction of sp³-hybridized carbons (Fsp3) is 0.650. The number of likely N-dealkylation sites (tertiary alicyclic amines) is 1. The van der Waals surface area contributed by atoms with Crippen molar-refractivity contribution in [2.75, 3.05) is 26.8 Å². The van der Waals surface area contributed by atoms with Gasteiger partial charge in [-0.15, -0.1) is 0 Å². The summed E-state index contributed by atoms with van der Waals surface area (Å²) in [7, 11) is 1.65. The van der Waals surface area contributed by atoms with E-state index in [2.05, 4.69) is 0 Å². The molecule has 25 heavy (non-hydrogen) atoms. The monoisotopic (exact) mass is 347 g/mol. The highest BCUT2D eigenvalue weighted by Crippen LogP contribution is 2.43.